The summed E-state index contributed by atoms with van der Waals surface area (Å²) in [5, 5.41) is 14.4. The fraction of sp³-hybridized carbons (Fsp3) is 0.208. The van der Waals surface area contributed by atoms with E-state index in [0.29, 0.717) is 18.3 Å². The molecule has 1 N–H and O–H groups in total. The van der Waals surface area contributed by atoms with Gasteiger partial charge < -0.3 is 14.6 Å². The highest BCUT2D eigenvalue weighted by atomic mass is 32.2. The minimum atomic E-state index is -0.0801. The second-order valence-electron chi connectivity index (χ2n) is 7.15. The molecule has 0 bridgehead atoms. The van der Waals surface area contributed by atoms with Crippen molar-refractivity contribution in [3.8, 4) is 5.75 Å². The lowest BCUT2D eigenvalue weighted by Gasteiger charge is -2.09. The van der Waals surface area contributed by atoms with Crippen molar-refractivity contribution < 1.29 is 9.53 Å². The van der Waals surface area contributed by atoms with E-state index in [2.05, 4.69) is 21.6 Å². The highest BCUT2D eigenvalue weighted by molar-refractivity contribution is 7.99. The van der Waals surface area contributed by atoms with E-state index in [-0.39, 0.29) is 11.7 Å². The van der Waals surface area contributed by atoms with E-state index in [1.54, 1.807) is 0 Å². The maximum Gasteiger partial charge on any atom is 0.234 e. The average Bonchev–Trinajstić information content (AvgIpc) is 3.18. The molecular weight excluding hydrogens is 408 g/mol. The molecule has 1 heterocycles. The zero-order valence-corrected chi connectivity index (χ0v) is 18.4. The van der Waals surface area contributed by atoms with Crippen molar-refractivity contribution in [1.29, 1.82) is 0 Å². The molecule has 4 rings (SSSR count). The smallest absolute Gasteiger partial charge is 0.234 e. The summed E-state index contributed by atoms with van der Waals surface area (Å²) in [6, 6.07) is 21.9. The number of amides is 1. The van der Waals surface area contributed by atoms with Gasteiger partial charge in [0.15, 0.2) is 11.0 Å². The van der Waals surface area contributed by atoms with Crippen LogP contribution in [0.3, 0.4) is 0 Å². The average molecular weight is 433 g/mol. The van der Waals surface area contributed by atoms with Crippen molar-refractivity contribution in [2.24, 2.45) is 0 Å². The Kier molecular flexibility index (Phi) is 6.52. The van der Waals surface area contributed by atoms with E-state index in [0.717, 1.165) is 33.6 Å². The molecule has 0 saturated carbocycles. The van der Waals surface area contributed by atoms with E-state index in [9.17, 15) is 4.79 Å². The van der Waals surface area contributed by atoms with Crippen LogP contribution >= 0.6 is 11.8 Å². The molecule has 3 aromatic carbocycles. The van der Waals surface area contributed by atoms with E-state index in [1.807, 2.05) is 79.1 Å². The number of thioether (sulfide) groups is 1. The second kappa shape index (κ2) is 9.66. The van der Waals surface area contributed by atoms with E-state index < -0.39 is 0 Å². The fourth-order valence-corrected chi connectivity index (χ4v) is 4.12. The zero-order chi connectivity index (χ0) is 21.6. The number of fused-ring (bicyclic) bond motifs is 1. The number of ether oxygens (including phenoxy) is 1. The van der Waals surface area contributed by atoms with Crippen molar-refractivity contribution in [3.05, 3.63) is 78.1 Å². The van der Waals surface area contributed by atoms with Crippen molar-refractivity contribution in [2.75, 3.05) is 11.1 Å². The third kappa shape index (κ3) is 5.24. The molecule has 0 aliphatic heterocycles. The van der Waals surface area contributed by atoms with Crippen LogP contribution in [-0.2, 0) is 17.9 Å². The molecule has 0 radical (unpaired) electrons. The molecule has 1 aromatic heterocycles. The van der Waals surface area contributed by atoms with Crippen molar-refractivity contribution in [1.82, 2.24) is 14.8 Å². The Bertz CT molecular complexity index is 1210. The van der Waals surface area contributed by atoms with Gasteiger partial charge in [0.1, 0.15) is 12.4 Å². The molecule has 0 unspecified atom stereocenters. The van der Waals surface area contributed by atoms with Crippen LogP contribution in [0.25, 0.3) is 10.8 Å². The number of aromatic nitrogens is 3. The third-order valence-electron chi connectivity index (χ3n) is 4.83. The van der Waals surface area contributed by atoms with Crippen LogP contribution in [-0.4, -0.2) is 26.4 Å². The molecule has 0 fully saturated rings. The van der Waals surface area contributed by atoms with Crippen LogP contribution in [0.4, 0.5) is 5.69 Å². The van der Waals surface area contributed by atoms with Gasteiger partial charge in [0.25, 0.3) is 0 Å². The first kappa shape index (κ1) is 20.9. The molecule has 0 aliphatic rings. The van der Waals surface area contributed by atoms with Gasteiger partial charge in [-0.1, -0.05) is 54.2 Å². The number of anilines is 1. The lowest BCUT2D eigenvalue weighted by atomic mass is 10.1. The molecule has 158 valence electrons. The quantitative estimate of drug-likeness (QED) is 0.394. The Morgan fingerprint density at radius 1 is 1.03 bits per heavy atom. The van der Waals surface area contributed by atoms with Crippen molar-refractivity contribution in [2.45, 2.75) is 32.2 Å². The van der Waals surface area contributed by atoms with E-state index in [4.69, 9.17) is 4.74 Å². The number of nitrogens with zero attached hydrogens (tertiary/aromatic N) is 3. The van der Waals surface area contributed by atoms with Gasteiger partial charge in [-0.25, -0.2) is 0 Å². The molecule has 0 atom stereocenters. The molecule has 0 spiro atoms. The van der Waals surface area contributed by atoms with Gasteiger partial charge in [0.2, 0.25) is 5.91 Å². The van der Waals surface area contributed by atoms with Gasteiger partial charge in [-0.2, -0.15) is 0 Å². The SMILES string of the molecule is CCn1c(COc2cccc(C)c2)nnc1SCC(=O)Nc1ccc2ccccc2c1. The summed E-state index contributed by atoms with van der Waals surface area (Å²) in [5.41, 5.74) is 1.93. The number of hydrogen-bond acceptors (Lipinski definition) is 5. The first-order valence-corrected chi connectivity index (χ1v) is 11.1. The lowest BCUT2D eigenvalue weighted by Crippen LogP contribution is -2.15. The summed E-state index contributed by atoms with van der Waals surface area (Å²) in [7, 11) is 0. The Balaban J connectivity index is 1.35. The van der Waals surface area contributed by atoms with Crippen molar-refractivity contribution in [3.63, 3.8) is 0 Å². The van der Waals surface area contributed by atoms with Crippen LogP contribution in [0.2, 0.25) is 0 Å². The second-order valence-corrected chi connectivity index (χ2v) is 8.09. The maximum absolute atomic E-state index is 12.5. The Morgan fingerprint density at radius 2 is 1.87 bits per heavy atom. The predicted molar refractivity (Wildman–Crippen MR) is 125 cm³/mol. The number of rotatable bonds is 8. The molecule has 4 aromatic rings. The first-order valence-electron chi connectivity index (χ1n) is 10.2. The molecule has 0 saturated heterocycles. The van der Waals surface area contributed by atoms with E-state index in [1.165, 1.54) is 11.8 Å². The number of hydrogen-bond donors (Lipinski definition) is 1. The standard InChI is InChI=1S/C24H24N4O2S/c1-3-28-22(15-30-21-10-6-7-17(2)13-21)26-27-24(28)31-16-23(29)25-20-12-11-18-8-4-5-9-19(18)14-20/h4-14H,3,15-16H2,1-2H3,(H,25,29). The van der Waals surface area contributed by atoms with Gasteiger partial charge in [-0.3, -0.25) is 4.79 Å². The van der Waals surface area contributed by atoms with Gasteiger partial charge in [0, 0.05) is 12.2 Å². The molecule has 0 aliphatic carbocycles. The largest absolute Gasteiger partial charge is 0.486 e. The van der Waals surface area contributed by atoms with Crippen LogP contribution < -0.4 is 10.1 Å². The number of carbonyl (C=O) groups excluding carboxylic acids is 1. The maximum atomic E-state index is 12.5. The Labute approximate surface area is 185 Å². The van der Waals surface area contributed by atoms with Crippen molar-refractivity contribution >= 4 is 34.1 Å². The summed E-state index contributed by atoms with van der Waals surface area (Å²) < 4.78 is 7.83. The molecule has 7 heteroatoms. The van der Waals surface area contributed by atoms with Crippen LogP contribution in [0.5, 0.6) is 5.75 Å². The van der Waals surface area contributed by atoms with Gasteiger partial charge in [-0.15, -0.1) is 10.2 Å². The normalized spacial score (nSPS) is 10.9. The summed E-state index contributed by atoms with van der Waals surface area (Å²) in [4.78, 5) is 12.5. The fourth-order valence-electron chi connectivity index (χ4n) is 3.30. The Hall–Kier alpha value is -3.32. The highest BCUT2D eigenvalue weighted by Gasteiger charge is 2.14. The van der Waals surface area contributed by atoms with Crippen LogP contribution in [0.1, 0.15) is 18.3 Å². The van der Waals surface area contributed by atoms with Gasteiger partial charge in [0.05, 0.1) is 5.75 Å². The van der Waals surface area contributed by atoms with Gasteiger partial charge in [-0.05, 0) is 54.4 Å². The summed E-state index contributed by atoms with van der Waals surface area (Å²) >= 11 is 1.37. The minimum Gasteiger partial charge on any atom is -0.486 e. The molecule has 6 nitrogen and oxygen atoms in total. The zero-order valence-electron chi connectivity index (χ0n) is 17.5. The summed E-state index contributed by atoms with van der Waals surface area (Å²) in [5.74, 6) is 1.71. The molecular formula is C24H24N4O2S. The number of benzene rings is 3. The Morgan fingerprint density at radius 3 is 2.68 bits per heavy atom. The summed E-state index contributed by atoms with van der Waals surface area (Å²) in [6.07, 6.45) is 0. The number of aryl methyl sites for hydroxylation is 1. The third-order valence-corrected chi connectivity index (χ3v) is 5.80. The van der Waals surface area contributed by atoms with Crippen LogP contribution in [0.15, 0.2) is 71.9 Å². The lowest BCUT2D eigenvalue weighted by molar-refractivity contribution is -0.113. The van der Waals surface area contributed by atoms with E-state index >= 15 is 0 Å². The number of carbonyl (C=O) groups is 1. The predicted octanol–water partition coefficient (Wildman–Crippen LogP) is 5.07. The van der Waals surface area contributed by atoms with Crippen LogP contribution in [0, 0.1) is 6.92 Å². The number of nitrogens with one attached hydrogen (secondary N) is 1. The highest BCUT2D eigenvalue weighted by Crippen LogP contribution is 2.21. The topological polar surface area (TPSA) is 69.0 Å². The first-order chi connectivity index (χ1) is 15.1. The summed E-state index contributed by atoms with van der Waals surface area (Å²) in [6.45, 7) is 5.08. The molecule has 1 amide bonds. The molecule has 31 heavy (non-hydrogen) atoms. The minimum absolute atomic E-state index is 0.0801. The monoisotopic (exact) mass is 432 g/mol. The van der Waals surface area contributed by atoms with Gasteiger partial charge >= 0.3 is 0 Å².